The van der Waals surface area contributed by atoms with Gasteiger partial charge in [-0.2, -0.15) is 0 Å². The lowest BCUT2D eigenvalue weighted by Crippen LogP contribution is -2.06. The van der Waals surface area contributed by atoms with Crippen molar-refractivity contribution in [3.8, 4) is 5.75 Å². The highest BCUT2D eigenvalue weighted by atomic mass is 19.1. The molecule has 3 rings (SSSR count). The summed E-state index contributed by atoms with van der Waals surface area (Å²) in [5, 5.41) is 10.2. The van der Waals surface area contributed by atoms with Gasteiger partial charge < -0.3 is 9.84 Å². The average Bonchev–Trinajstić information content (AvgIpc) is 3.22. The molecular formula is C16H14F2O2. The Morgan fingerprint density at radius 2 is 1.70 bits per heavy atom. The van der Waals surface area contributed by atoms with E-state index in [-0.39, 0.29) is 11.7 Å². The summed E-state index contributed by atoms with van der Waals surface area (Å²) in [5.41, 5.74) is 0.0724. The zero-order valence-corrected chi connectivity index (χ0v) is 10.7. The van der Waals surface area contributed by atoms with Crippen LogP contribution in [-0.2, 0) is 0 Å². The molecule has 0 bridgehead atoms. The van der Waals surface area contributed by atoms with E-state index < -0.39 is 17.7 Å². The van der Waals surface area contributed by atoms with Gasteiger partial charge in [-0.15, -0.1) is 0 Å². The van der Waals surface area contributed by atoms with Gasteiger partial charge in [0.15, 0.2) is 0 Å². The number of hydrogen-bond donors (Lipinski definition) is 1. The molecule has 2 nitrogen and oxygen atoms in total. The molecule has 0 aromatic heterocycles. The van der Waals surface area contributed by atoms with Gasteiger partial charge in [-0.25, -0.2) is 8.78 Å². The molecule has 1 fully saturated rings. The maximum atomic E-state index is 13.7. The van der Waals surface area contributed by atoms with E-state index in [0.29, 0.717) is 11.3 Å². The first-order chi connectivity index (χ1) is 9.65. The zero-order chi connectivity index (χ0) is 14.1. The van der Waals surface area contributed by atoms with Crippen molar-refractivity contribution in [2.24, 2.45) is 0 Å². The number of aliphatic hydroxyl groups is 1. The molecule has 1 unspecified atom stereocenters. The maximum absolute atomic E-state index is 13.7. The zero-order valence-electron chi connectivity index (χ0n) is 10.7. The van der Waals surface area contributed by atoms with Crippen LogP contribution in [-0.4, -0.2) is 11.2 Å². The Hall–Kier alpha value is -1.94. The third-order valence-electron chi connectivity index (χ3n) is 3.27. The number of hydrogen-bond acceptors (Lipinski definition) is 2. The first kappa shape index (κ1) is 13.1. The van der Waals surface area contributed by atoms with E-state index in [1.54, 1.807) is 24.3 Å². The molecule has 20 heavy (non-hydrogen) atoms. The molecule has 1 aliphatic carbocycles. The van der Waals surface area contributed by atoms with Gasteiger partial charge in [0.2, 0.25) is 0 Å². The summed E-state index contributed by atoms with van der Waals surface area (Å²) in [5.74, 6) is -0.905. The molecular weight excluding hydrogens is 262 g/mol. The molecule has 0 saturated heterocycles. The Balaban J connectivity index is 1.91. The summed E-state index contributed by atoms with van der Waals surface area (Å²) >= 11 is 0. The Labute approximate surface area is 115 Å². The fraction of sp³-hybridized carbons (Fsp3) is 0.250. The predicted octanol–water partition coefficient (Wildman–Crippen LogP) is 3.59. The maximum Gasteiger partial charge on any atom is 0.132 e. The van der Waals surface area contributed by atoms with Crippen LogP contribution in [0.3, 0.4) is 0 Å². The van der Waals surface area contributed by atoms with Crippen LogP contribution in [0.1, 0.15) is 30.1 Å². The third-order valence-corrected chi connectivity index (χ3v) is 3.27. The quantitative estimate of drug-likeness (QED) is 0.924. The van der Waals surface area contributed by atoms with Crippen LogP contribution in [0.5, 0.6) is 5.75 Å². The highest BCUT2D eigenvalue weighted by molar-refractivity contribution is 5.36. The summed E-state index contributed by atoms with van der Waals surface area (Å²) < 4.78 is 33.0. The fourth-order valence-electron chi connectivity index (χ4n) is 2.07. The second kappa shape index (κ2) is 5.21. The lowest BCUT2D eigenvalue weighted by molar-refractivity contribution is 0.208. The van der Waals surface area contributed by atoms with Gasteiger partial charge in [0, 0.05) is 0 Å². The third kappa shape index (κ3) is 2.65. The summed E-state index contributed by atoms with van der Waals surface area (Å²) in [6.45, 7) is 0. The Morgan fingerprint density at radius 1 is 1.05 bits per heavy atom. The van der Waals surface area contributed by atoms with Crippen molar-refractivity contribution in [2.45, 2.75) is 25.0 Å². The fourth-order valence-corrected chi connectivity index (χ4v) is 2.07. The molecule has 2 aromatic carbocycles. The number of aliphatic hydroxyl groups excluding tert-OH is 1. The molecule has 1 N–H and O–H groups in total. The first-order valence-corrected chi connectivity index (χ1v) is 6.54. The van der Waals surface area contributed by atoms with Gasteiger partial charge in [0.25, 0.3) is 0 Å². The minimum absolute atomic E-state index is 0.229. The predicted molar refractivity (Wildman–Crippen MR) is 70.5 cm³/mol. The first-order valence-electron chi connectivity index (χ1n) is 6.54. The standard InChI is InChI=1S/C16H14F2O2/c17-13-5-2-6-14(18)15(13)16(19)10-3-1-4-12(9-10)20-11-7-8-11/h1-6,9,11,16,19H,7-8H2. The van der Waals surface area contributed by atoms with E-state index in [1.807, 2.05) is 0 Å². The van der Waals surface area contributed by atoms with Crippen LogP contribution in [0.4, 0.5) is 8.78 Å². The number of rotatable bonds is 4. The summed E-state index contributed by atoms with van der Waals surface area (Å²) in [6.07, 6.45) is 0.926. The van der Waals surface area contributed by atoms with E-state index in [2.05, 4.69) is 0 Å². The normalized spacial score (nSPS) is 15.9. The second-order valence-electron chi connectivity index (χ2n) is 4.93. The molecule has 0 aliphatic heterocycles. The van der Waals surface area contributed by atoms with E-state index >= 15 is 0 Å². The summed E-state index contributed by atoms with van der Waals surface area (Å²) in [4.78, 5) is 0. The van der Waals surface area contributed by atoms with E-state index in [1.165, 1.54) is 6.07 Å². The monoisotopic (exact) mass is 276 g/mol. The lowest BCUT2D eigenvalue weighted by atomic mass is 10.0. The van der Waals surface area contributed by atoms with Crippen molar-refractivity contribution in [2.75, 3.05) is 0 Å². The van der Waals surface area contributed by atoms with Crippen molar-refractivity contribution in [1.82, 2.24) is 0 Å². The van der Waals surface area contributed by atoms with Crippen molar-refractivity contribution >= 4 is 0 Å². The van der Waals surface area contributed by atoms with E-state index in [4.69, 9.17) is 4.74 Å². The molecule has 1 saturated carbocycles. The molecule has 2 aromatic rings. The lowest BCUT2D eigenvalue weighted by Gasteiger charge is -2.14. The smallest absolute Gasteiger partial charge is 0.132 e. The minimum atomic E-state index is -1.35. The summed E-state index contributed by atoms with van der Waals surface area (Å²) in [7, 11) is 0. The van der Waals surface area contributed by atoms with Crippen LogP contribution >= 0.6 is 0 Å². The van der Waals surface area contributed by atoms with Crippen LogP contribution in [0, 0.1) is 11.6 Å². The van der Waals surface area contributed by atoms with E-state index in [9.17, 15) is 13.9 Å². The Morgan fingerprint density at radius 3 is 2.35 bits per heavy atom. The van der Waals surface area contributed by atoms with Gasteiger partial charge in [-0.1, -0.05) is 18.2 Å². The SMILES string of the molecule is OC(c1cccc(OC2CC2)c1)c1c(F)cccc1F. The van der Waals surface area contributed by atoms with Gasteiger partial charge in [-0.05, 0) is 42.7 Å². The van der Waals surface area contributed by atoms with Gasteiger partial charge in [0.1, 0.15) is 23.5 Å². The molecule has 1 atom stereocenters. The van der Waals surface area contributed by atoms with Crippen molar-refractivity contribution < 1.29 is 18.6 Å². The molecule has 4 heteroatoms. The topological polar surface area (TPSA) is 29.5 Å². The molecule has 0 amide bonds. The second-order valence-corrected chi connectivity index (χ2v) is 4.93. The minimum Gasteiger partial charge on any atom is -0.490 e. The Kier molecular flexibility index (Phi) is 3.40. The van der Waals surface area contributed by atoms with Crippen LogP contribution in [0.25, 0.3) is 0 Å². The van der Waals surface area contributed by atoms with Crippen molar-refractivity contribution in [3.05, 3.63) is 65.2 Å². The molecule has 104 valence electrons. The number of benzene rings is 2. The molecule has 0 radical (unpaired) electrons. The highest BCUT2D eigenvalue weighted by Crippen LogP contribution is 2.31. The van der Waals surface area contributed by atoms with Crippen molar-refractivity contribution in [3.63, 3.8) is 0 Å². The van der Waals surface area contributed by atoms with Gasteiger partial charge >= 0.3 is 0 Å². The Bertz CT molecular complexity index is 603. The van der Waals surface area contributed by atoms with Crippen LogP contribution in [0.2, 0.25) is 0 Å². The highest BCUT2D eigenvalue weighted by Gasteiger charge is 2.24. The average molecular weight is 276 g/mol. The largest absolute Gasteiger partial charge is 0.490 e. The number of halogens is 2. The summed E-state index contributed by atoms with van der Waals surface area (Å²) in [6, 6.07) is 10.2. The van der Waals surface area contributed by atoms with E-state index in [0.717, 1.165) is 25.0 Å². The van der Waals surface area contributed by atoms with Crippen molar-refractivity contribution in [1.29, 1.82) is 0 Å². The number of ether oxygens (including phenoxy) is 1. The van der Waals surface area contributed by atoms with Gasteiger partial charge in [0.05, 0.1) is 11.7 Å². The van der Waals surface area contributed by atoms with Crippen LogP contribution in [0.15, 0.2) is 42.5 Å². The molecule has 1 aliphatic rings. The molecule has 0 spiro atoms. The van der Waals surface area contributed by atoms with Gasteiger partial charge in [-0.3, -0.25) is 0 Å². The van der Waals surface area contributed by atoms with Crippen LogP contribution < -0.4 is 4.74 Å². The molecule has 0 heterocycles.